The van der Waals surface area contributed by atoms with Crippen molar-refractivity contribution in [2.75, 3.05) is 7.11 Å². The molecule has 3 nitrogen and oxygen atoms in total. The van der Waals surface area contributed by atoms with Crippen LogP contribution in [0.25, 0.3) is 16.8 Å². The van der Waals surface area contributed by atoms with E-state index in [4.69, 9.17) is 9.47 Å². The summed E-state index contributed by atoms with van der Waals surface area (Å²) in [6.45, 7) is 0. The van der Waals surface area contributed by atoms with E-state index in [1.165, 1.54) is 43.5 Å². The summed E-state index contributed by atoms with van der Waals surface area (Å²) >= 11 is 0. The number of fused-ring (bicyclic) bond motifs is 3. The van der Waals surface area contributed by atoms with Gasteiger partial charge in [0.1, 0.15) is 5.75 Å². The van der Waals surface area contributed by atoms with E-state index in [2.05, 4.69) is 4.99 Å². The van der Waals surface area contributed by atoms with Crippen molar-refractivity contribution < 1.29 is 35.8 Å². The molecule has 0 amide bonds. The summed E-state index contributed by atoms with van der Waals surface area (Å²) in [5, 5.41) is -0.0262. The summed E-state index contributed by atoms with van der Waals surface area (Å²) in [4.78, 5) is 3.95. The number of hydrogen-bond donors (Lipinski definition) is 0. The number of aliphatic imine (C=N–C) groups is 1. The zero-order valence-corrected chi connectivity index (χ0v) is 16.5. The summed E-state index contributed by atoms with van der Waals surface area (Å²) < 4.78 is 94.8. The molecule has 1 aliphatic heterocycles. The summed E-state index contributed by atoms with van der Waals surface area (Å²) in [5.74, 6) is -0.263. The van der Waals surface area contributed by atoms with E-state index >= 15 is 0 Å². The molecule has 32 heavy (non-hydrogen) atoms. The number of rotatable bonds is 3. The van der Waals surface area contributed by atoms with Gasteiger partial charge in [-0.3, -0.25) is 0 Å². The van der Waals surface area contributed by atoms with E-state index in [9.17, 15) is 26.3 Å². The van der Waals surface area contributed by atoms with E-state index in [0.29, 0.717) is 11.3 Å². The predicted molar refractivity (Wildman–Crippen MR) is 108 cm³/mol. The third kappa shape index (κ3) is 3.47. The maximum atomic E-state index is 14.2. The van der Waals surface area contributed by atoms with Crippen LogP contribution < -0.4 is 4.74 Å². The van der Waals surface area contributed by atoms with Crippen LogP contribution in [0.4, 0.5) is 32.0 Å². The van der Waals surface area contributed by atoms with Crippen molar-refractivity contribution in [3.05, 3.63) is 77.9 Å². The Hall–Kier alpha value is -3.49. The van der Waals surface area contributed by atoms with Gasteiger partial charge in [-0.2, -0.15) is 26.3 Å². The molecule has 0 atom stereocenters. The Morgan fingerprint density at radius 1 is 0.844 bits per heavy atom. The maximum absolute atomic E-state index is 14.2. The first kappa shape index (κ1) is 21.7. The number of alkyl halides is 6. The largest absolute Gasteiger partial charge is 0.497 e. The molecule has 0 radical (unpaired) electrons. The zero-order valence-electron chi connectivity index (χ0n) is 16.5. The van der Waals surface area contributed by atoms with Crippen LogP contribution in [0.5, 0.6) is 5.75 Å². The fourth-order valence-corrected chi connectivity index (χ4v) is 3.59. The summed E-state index contributed by atoms with van der Waals surface area (Å²) in [5.41, 5.74) is -5.60. The molecule has 1 heterocycles. The fraction of sp³-hybridized carbons (Fsp3) is 0.174. The van der Waals surface area contributed by atoms with Gasteiger partial charge in [-0.15, -0.1) is 0 Å². The third-order valence-electron chi connectivity index (χ3n) is 5.08. The second kappa shape index (κ2) is 7.58. The maximum Gasteiger partial charge on any atom is 0.442 e. The van der Waals surface area contributed by atoms with Gasteiger partial charge in [-0.05, 0) is 40.6 Å². The highest BCUT2D eigenvalue weighted by molar-refractivity contribution is 5.99. The molecule has 0 unspecified atom stereocenters. The second-order valence-corrected chi connectivity index (χ2v) is 7.02. The first-order valence-electron chi connectivity index (χ1n) is 9.32. The van der Waals surface area contributed by atoms with Crippen LogP contribution in [0, 0.1) is 0 Å². The first-order chi connectivity index (χ1) is 15.1. The quantitative estimate of drug-likeness (QED) is 0.404. The highest BCUT2D eigenvalue weighted by atomic mass is 19.4. The molecule has 0 aliphatic carbocycles. The van der Waals surface area contributed by atoms with Gasteiger partial charge < -0.3 is 9.47 Å². The average molecular weight is 451 g/mol. The van der Waals surface area contributed by atoms with Crippen LogP contribution in [0.3, 0.4) is 0 Å². The van der Waals surface area contributed by atoms with E-state index in [1.807, 2.05) is 0 Å². The van der Waals surface area contributed by atoms with Gasteiger partial charge in [-0.1, -0.05) is 42.5 Å². The molecule has 0 spiro atoms. The Labute approximate surface area is 178 Å². The Morgan fingerprint density at radius 2 is 1.50 bits per heavy atom. The molecule has 9 heteroatoms. The predicted octanol–water partition coefficient (Wildman–Crippen LogP) is 6.94. The topological polar surface area (TPSA) is 30.8 Å². The molecule has 166 valence electrons. The van der Waals surface area contributed by atoms with Crippen molar-refractivity contribution in [2.45, 2.75) is 18.0 Å². The minimum Gasteiger partial charge on any atom is -0.497 e. The Balaban J connectivity index is 1.92. The summed E-state index contributed by atoms with van der Waals surface area (Å²) in [7, 11) is 1.46. The van der Waals surface area contributed by atoms with Crippen LogP contribution in [0.15, 0.2) is 71.7 Å². The number of nitrogens with zero attached hydrogens (tertiary/aromatic N) is 1. The first-order valence-corrected chi connectivity index (χ1v) is 9.32. The van der Waals surface area contributed by atoms with Gasteiger partial charge in [0.25, 0.3) is 0 Å². The van der Waals surface area contributed by atoms with Crippen LogP contribution in [-0.4, -0.2) is 25.4 Å². The highest BCUT2D eigenvalue weighted by Crippen LogP contribution is 2.58. The third-order valence-corrected chi connectivity index (χ3v) is 5.08. The lowest BCUT2D eigenvalue weighted by atomic mass is 9.85. The molecule has 4 rings (SSSR count). The van der Waals surface area contributed by atoms with Crippen LogP contribution in [-0.2, 0) is 10.3 Å². The van der Waals surface area contributed by atoms with Crippen molar-refractivity contribution in [1.82, 2.24) is 0 Å². The van der Waals surface area contributed by atoms with E-state index in [1.54, 1.807) is 24.3 Å². The highest BCUT2D eigenvalue weighted by Gasteiger charge is 2.76. The molecule has 0 N–H and O–H groups in total. The minimum absolute atomic E-state index is 0.208. The molecule has 1 aliphatic rings. The number of benzene rings is 3. The lowest BCUT2D eigenvalue weighted by molar-refractivity contribution is -0.369. The monoisotopic (exact) mass is 451 g/mol. The molecule has 0 fully saturated rings. The fourth-order valence-electron chi connectivity index (χ4n) is 3.59. The van der Waals surface area contributed by atoms with Crippen LogP contribution in [0.2, 0.25) is 0 Å². The van der Waals surface area contributed by atoms with Crippen molar-refractivity contribution in [3.63, 3.8) is 0 Å². The van der Waals surface area contributed by atoms with Crippen molar-refractivity contribution in [2.24, 2.45) is 4.99 Å². The molecule has 0 bridgehead atoms. The molecule has 0 aromatic heterocycles. The summed E-state index contributed by atoms with van der Waals surface area (Å²) in [6, 6.07) is 14.4. The lowest BCUT2D eigenvalue weighted by Crippen LogP contribution is -2.57. The number of methoxy groups -OCH3 is 1. The molecule has 0 saturated heterocycles. The van der Waals surface area contributed by atoms with Crippen molar-refractivity contribution in [1.29, 1.82) is 0 Å². The van der Waals surface area contributed by atoms with Gasteiger partial charge in [0, 0.05) is 11.6 Å². The zero-order chi connectivity index (χ0) is 23.1. The van der Waals surface area contributed by atoms with Crippen molar-refractivity contribution >= 4 is 28.4 Å². The number of ether oxygens (including phenoxy) is 2. The standard InChI is InChI=1S/C23H15F6NO2/c1-31-16-10-6-14(7-11-16)8-13-19-30-18-12-9-15-4-2-3-5-17(15)20(18)21(32-19,22(24,25)26)23(27,28)29/h2-13H,1H3. The van der Waals surface area contributed by atoms with Gasteiger partial charge in [0.2, 0.25) is 5.90 Å². The normalized spacial score (nSPS) is 15.9. The van der Waals surface area contributed by atoms with E-state index in [-0.39, 0.29) is 10.8 Å². The molecular formula is C23H15F6NO2. The van der Waals surface area contributed by atoms with E-state index < -0.39 is 35.1 Å². The minimum atomic E-state index is -5.81. The second-order valence-electron chi connectivity index (χ2n) is 7.02. The van der Waals surface area contributed by atoms with Crippen LogP contribution >= 0.6 is 0 Å². The SMILES string of the molecule is COc1ccc(C=CC2=Nc3ccc4ccccc4c3C(C(F)(F)F)(C(F)(F)F)O2)cc1. The van der Waals surface area contributed by atoms with Gasteiger partial charge in [-0.25, -0.2) is 4.99 Å². The molecule has 3 aromatic rings. The lowest BCUT2D eigenvalue weighted by Gasteiger charge is -2.40. The summed E-state index contributed by atoms with van der Waals surface area (Å²) in [6.07, 6.45) is -9.33. The van der Waals surface area contributed by atoms with E-state index in [0.717, 1.165) is 12.1 Å². The molecule has 0 saturated carbocycles. The van der Waals surface area contributed by atoms with Gasteiger partial charge in [0.15, 0.2) is 0 Å². The Bertz CT molecular complexity index is 1200. The van der Waals surface area contributed by atoms with Gasteiger partial charge in [0.05, 0.1) is 12.8 Å². The number of hydrogen-bond acceptors (Lipinski definition) is 3. The average Bonchev–Trinajstić information content (AvgIpc) is 2.75. The van der Waals surface area contributed by atoms with Crippen molar-refractivity contribution in [3.8, 4) is 5.75 Å². The Morgan fingerprint density at radius 3 is 2.12 bits per heavy atom. The van der Waals surface area contributed by atoms with Gasteiger partial charge >= 0.3 is 18.0 Å². The smallest absolute Gasteiger partial charge is 0.442 e. The molecular weight excluding hydrogens is 436 g/mol. The molecule has 3 aromatic carbocycles. The Kier molecular flexibility index (Phi) is 5.15. The van der Waals surface area contributed by atoms with Crippen LogP contribution in [0.1, 0.15) is 11.1 Å². The number of halogens is 6.